The number of rotatable bonds is 2. The van der Waals surface area contributed by atoms with E-state index in [1.165, 1.54) is 48.0 Å². The predicted molar refractivity (Wildman–Crippen MR) is 85.1 cm³/mol. The monoisotopic (exact) mass is 300 g/mol. The quantitative estimate of drug-likeness (QED) is 0.790. The summed E-state index contributed by atoms with van der Waals surface area (Å²) in [6.45, 7) is 0. The van der Waals surface area contributed by atoms with Gasteiger partial charge >= 0.3 is 0 Å². The molecule has 5 nitrogen and oxygen atoms in total. The van der Waals surface area contributed by atoms with Crippen LogP contribution in [-0.2, 0) is 0 Å². The summed E-state index contributed by atoms with van der Waals surface area (Å²) in [5.74, 6) is 0. The third kappa shape index (κ3) is 2.29. The van der Waals surface area contributed by atoms with Crippen LogP contribution in [-0.4, -0.2) is 20.6 Å². The van der Waals surface area contributed by atoms with E-state index in [0.29, 0.717) is 16.4 Å². The highest BCUT2D eigenvalue weighted by Gasteiger charge is 2.16. The van der Waals surface area contributed by atoms with Crippen LogP contribution in [0.5, 0.6) is 0 Å². The molecule has 2 heterocycles. The highest BCUT2D eigenvalue weighted by atomic mass is 32.1. The molecule has 0 bridgehead atoms. The van der Waals surface area contributed by atoms with Gasteiger partial charge in [-0.25, -0.2) is 4.98 Å². The second-order valence-electron chi connectivity index (χ2n) is 5.51. The smallest absolute Gasteiger partial charge is 0.283 e. The fraction of sp³-hybridized carbons (Fsp3) is 0.400. The van der Waals surface area contributed by atoms with E-state index in [-0.39, 0.29) is 5.56 Å². The number of anilines is 1. The van der Waals surface area contributed by atoms with Crippen molar-refractivity contribution in [2.24, 2.45) is 0 Å². The van der Waals surface area contributed by atoms with Gasteiger partial charge in [-0.1, -0.05) is 42.7 Å². The highest BCUT2D eigenvalue weighted by molar-refractivity contribution is 7.20. The topological polar surface area (TPSA) is 59.3 Å². The number of fused-ring (bicyclic) bond motifs is 2. The summed E-state index contributed by atoms with van der Waals surface area (Å²) < 4.78 is 1.41. The van der Waals surface area contributed by atoms with E-state index in [1.807, 2.05) is 18.2 Å². The zero-order chi connectivity index (χ0) is 14.2. The van der Waals surface area contributed by atoms with Crippen LogP contribution in [0.25, 0.3) is 15.9 Å². The fourth-order valence-corrected chi connectivity index (χ4v) is 3.81. The molecule has 0 atom stereocenters. The lowest BCUT2D eigenvalue weighted by molar-refractivity contribution is 0.462. The zero-order valence-electron chi connectivity index (χ0n) is 11.6. The Morgan fingerprint density at radius 2 is 2.00 bits per heavy atom. The minimum atomic E-state index is -0.0939. The first-order valence-corrected chi connectivity index (χ1v) is 8.18. The van der Waals surface area contributed by atoms with Crippen molar-refractivity contribution >= 4 is 32.3 Å². The first-order chi connectivity index (χ1) is 10.3. The average molecular weight is 300 g/mol. The minimum Gasteiger partial charge on any atom is -0.357 e. The molecular weight excluding hydrogens is 284 g/mol. The molecular formula is C15H16N4OS. The summed E-state index contributed by atoms with van der Waals surface area (Å²) in [7, 11) is 0. The molecule has 1 aliphatic carbocycles. The summed E-state index contributed by atoms with van der Waals surface area (Å²) in [6.07, 6.45) is 6.22. The second kappa shape index (κ2) is 5.11. The lowest BCUT2D eigenvalue weighted by Gasteiger charge is -2.21. The Hall–Kier alpha value is -1.95. The van der Waals surface area contributed by atoms with Crippen LogP contribution in [0.3, 0.4) is 0 Å². The van der Waals surface area contributed by atoms with Crippen LogP contribution >= 0.6 is 11.3 Å². The standard InChI is InChI=1S/C15H16N4OS/c20-13-11-8-4-5-9-12(11)17-15-19(13)18-14(21-15)16-10-6-2-1-3-7-10/h4-5,8-10H,1-3,6-7H2,(H,16,18). The van der Waals surface area contributed by atoms with Gasteiger partial charge in [0.15, 0.2) is 0 Å². The molecule has 3 aromatic rings. The zero-order valence-corrected chi connectivity index (χ0v) is 12.4. The fourth-order valence-electron chi connectivity index (χ4n) is 2.94. The Morgan fingerprint density at radius 3 is 2.86 bits per heavy atom. The van der Waals surface area contributed by atoms with E-state index in [0.717, 1.165) is 10.6 Å². The molecule has 1 aromatic carbocycles. The first-order valence-electron chi connectivity index (χ1n) is 7.36. The molecule has 2 aromatic heterocycles. The number of para-hydroxylation sites is 1. The largest absolute Gasteiger partial charge is 0.357 e. The maximum Gasteiger partial charge on any atom is 0.283 e. The van der Waals surface area contributed by atoms with Crippen molar-refractivity contribution < 1.29 is 0 Å². The van der Waals surface area contributed by atoms with Crippen LogP contribution in [0.2, 0.25) is 0 Å². The van der Waals surface area contributed by atoms with Crippen molar-refractivity contribution in [3.8, 4) is 0 Å². The molecule has 1 aliphatic rings. The van der Waals surface area contributed by atoms with Crippen LogP contribution in [0.4, 0.5) is 5.13 Å². The van der Waals surface area contributed by atoms with Gasteiger partial charge in [0, 0.05) is 6.04 Å². The van der Waals surface area contributed by atoms with Gasteiger partial charge in [0.1, 0.15) is 0 Å². The summed E-state index contributed by atoms with van der Waals surface area (Å²) >= 11 is 1.45. The van der Waals surface area contributed by atoms with Crippen LogP contribution in [0.1, 0.15) is 32.1 Å². The van der Waals surface area contributed by atoms with Crippen molar-refractivity contribution in [3.05, 3.63) is 34.6 Å². The van der Waals surface area contributed by atoms with E-state index in [9.17, 15) is 4.79 Å². The Kier molecular flexibility index (Phi) is 3.11. The molecule has 1 saturated carbocycles. The predicted octanol–water partition coefficient (Wildman–Crippen LogP) is 3.05. The third-order valence-electron chi connectivity index (χ3n) is 4.04. The lowest BCUT2D eigenvalue weighted by Crippen LogP contribution is -2.22. The lowest BCUT2D eigenvalue weighted by atomic mass is 9.96. The maximum atomic E-state index is 12.4. The van der Waals surface area contributed by atoms with Crippen LogP contribution in [0, 0.1) is 0 Å². The van der Waals surface area contributed by atoms with Crippen molar-refractivity contribution in [2.75, 3.05) is 5.32 Å². The summed E-state index contributed by atoms with van der Waals surface area (Å²) in [5, 5.41) is 9.27. The number of hydrogen-bond acceptors (Lipinski definition) is 5. The number of nitrogens with zero attached hydrogens (tertiary/aromatic N) is 3. The van der Waals surface area contributed by atoms with Gasteiger partial charge in [0.2, 0.25) is 10.1 Å². The Morgan fingerprint density at radius 1 is 1.19 bits per heavy atom. The number of hydrogen-bond donors (Lipinski definition) is 1. The van der Waals surface area contributed by atoms with Gasteiger partial charge in [0.05, 0.1) is 10.9 Å². The molecule has 1 fully saturated rings. The molecule has 0 amide bonds. The van der Waals surface area contributed by atoms with Gasteiger partial charge in [-0.2, -0.15) is 4.52 Å². The number of aromatic nitrogens is 3. The Bertz CT molecular complexity index is 848. The summed E-state index contributed by atoms with van der Waals surface area (Å²) in [4.78, 5) is 17.6. The molecule has 0 radical (unpaired) electrons. The highest BCUT2D eigenvalue weighted by Crippen LogP contribution is 2.24. The van der Waals surface area contributed by atoms with E-state index >= 15 is 0 Å². The maximum absolute atomic E-state index is 12.4. The van der Waals surface area contributed by atoms with Crippen LogP contribution in [0.15, 0.2) is 29.1 Å². The normalized spacial score (nSPS) is 16.6. The average Bonchev–Trinajstić information content (AvgIpc) is 2.91. The number of benzene rings is 1. The van der Waals surface area contributed by atoms with Crippen molar-refractivity contribution in [3.63, 3.8) is 0 Å². The van der Waals surface area contributed by atoms with Gasteiger partial charge < -0.3 is 5.32 Å². The SMILES string of the molecule is O=c1c2ccccc2nc2sc(NC3CCCCC3)nn12. The Labute approximate surface area is 125 Å². The van der Waals surface area contributed by atoms with Gasteiger partial charge in [-0.05, 0) is 25.0 Å². The molecule has 6 heteroatoms. The molecule has 0 spiro atoms. The molecule has 0 unspecified atom stereocenters. The molecule has 0 aliphatic heterocycles. The molecule has 21 heavy (non-hydrogen) atoms. The van der Waals surface area contributed by atoms with E-state index in [2.05, 4.69) is 15.4 Å². The number of nitrogens with one attached hydrogen (secondary N) is 1. The minimum absolute atomic E-state index is 0.0939. The van der Waals surface area contributed by atoms with Crippen molar-refractivity contribution in [2.45, 2.75) is 38.1 Å². The van der Waals surface area contributed by atoms with Gasteiger partial charge in [-0.15, -0.1) is 5.10 Å². The van der Waals surface area contributed by atoms with Crippen molar-refractivity contribution in [1.29, 1.82) is 0 Å². The Balaban J connectivity index is 1.76. The van der Waals surface area contributed by atoms with Crippen LogP contribution < -0.4 is 10.9 Å². The van der Waals surface area contributed by atoms with E-state index in [4.69, 9.17) is 0 Å². The first kappa shape index (κ1) is 12.8. The molecule has 1 N–H and O–H groups in total. The van der Waals surface area contributed by atoms with Gasteiger partial charge in [-0.3, -0.25) is 4.79 Å². The van der Waals surface area contributed by atoms with E-state index in [1.54, 1.807) is 6.07 Å². The second-order valence-corrected chi connectivity index (χ2v) is 6.47. The van der Waals surface area contributed by atoms with E-state index < -0.39 is 0 Å². The summed E-state index contributed by atoms with van der Waals surface area (Å²) in [6, 6.07) is 7.89. The molecule has 4 rings (SSSR count). The third-order valence-corrected chi connectivity index (χ3v) is 4.88. The van der Waals surface area contributed by atoms with Gasteiger partial charge in [0.25, 0.3) is 5.56 Å². The van der Waals surface area contributed by atoms with Crippen molar-refractivity contribution in [1.82, 2.24) is 14.6 Å². The molecule has 0 saturated heterocycles. The molecule has 108 valence electrons. The summed E-state index contributed by atoms with van der Waals surface area (Å²) in [5.41, 5.74) is 0.638.